The molecule has 0 aromatic rings. The van der Waals surface area contributed by atoms with E-state index < -0.39 is 18.1 Å². The number of guanidine groups is 1. The average molecular weight is 246 g/mol. The molecule has 0 aromatic heterocycles. The molecule has 0 spiro atoms. The quantitative estimate of drug-likeness (QED) is 0.177. The maximum atomic E-state index is 11.4. The van der Waals surface area contributed by atoms with E-state index >= 15 is 0 Å². The molecule has 98 valence electrons. The van der Waals surface area contributed by atoms with Crippen molar-refractivity contribution >= 4 is 18.0 Å². The van der Waals surface area contributed by atoms with Gasteiger partial charge in [-0.05, 0) is 19.8 Å². The second kappa shape index (κ2) is 8.20. The van der Waals surface area contributed by atoms with Gasteiger partial charge in [-0.1, -0.05) is 0 Å². The van der Waals surface area contributed by atoms with E-state index in [1.54, 1.807) is 6.92 Å². The summed E-state index contributed by atoms with van der Waals surface area (Å²) in [7, 11) is 0. The summed E-state index contributed by atoms with van der Waals surface area (Å²) in [6.45, 7) is 2.24. The predicted molar refractivity (Wildman–Crippen MR) is 60.7 cm³/mol. The third kappa shape index (κ3) is 7.88. The van der Waals surface area contributed by atoms with Crippen molar-refractivity contribution in [3.63, 3.8) is 0 Å². The fourth-order valence-corrected chi connectivity index (χ4v) is 1.17. The maximum Gasteiger partial charge on any atom is 0.405 e. The van der Waals surface area contributed by atoms with Crippen molar-refractivity contribution in [3.05, 3.63) is 0 Å². The maximum absolute atomic E-state index is 11.4. The molecule has 0 aliphatic carbocycles. The molecule has 0 heterocycles. The molecule has 0 unspecified atom stereocenters. The molecule has 6 N–H and O–H groups in total. The number of nitrogens with two attached hydrogens (primary N) is 1. The monoisotopic (exact) mass is 246 g/mol. The van der Waals surface area contributed by atoms with Gasteiger partial charge in [-0.2, -0.15) is 0 Å². The molecule has 0 rings (SSSR count). The van der Waals surface area contributed by atoms with Crippen LogP contribution in [0.5, 0.6) is 0 Å². The van der Waals surface area contributed by atoms with Crippen molar-refractivity contribution in [2.45, 2.75) is 25.8 Å². The predicted octanol–water partition coefficient (Wildman–Crippen LogP) is -0.551. The first-order valence-corrected chi connectivity index (χ1v) is 5.21. The Hall–Kier alpha value is -1.99. The van der Waals surface area contributed by atoms with Gasteiger partial charge in [0.1, 0.15) is 6.04 Å². The lowest BCUT2D eigenvalue weighted by Crippen LogP contribution is -2.41. The Morgan fingerprint density at radius 3 is 2.65 bits per heavy atom. The van der Waals surface area contributed by atoms with Gasteiger partial charge < -0.3 is 26.2 Å². The van der Waals surface area contributed by atoms with Gasteiger partial charge in [-0.15, -0.1) is 0 Å². The van der Waals surface area contributed by atoms with Crippen molar-refractivity contribution in [1.82, 2.24) is 10.6 Å². The van der Waals surface area contributed by atoms with Crippen LogP contribution in [0.2, 0.25) is 0 Å². The van der Waals surface area contributed by atoms with E-state index in [0.29, 0.717) is 13.0 Å². The summed E-state index contributed by atoms with van der Waals surface area (Å²) in [5.41, 5.74) is 5.07. The van der Waals surface area contributed by atoms with E-state index in [9.17, 15) is 9.59 Å². The Morgan fingerprint density at radius 1 is 1.53 bits per heavy atom. The molecule has 1 atom stereocenters. The van der Waals surface area contributed by atoms with Gasteiger partial charge in [0.25, 0.3) is 0 Å². The van der Waals surface area contributed by atoms with Crippen molar-refractivity contribution in [1.29, 1.82) is 5.41 Å². The minimum atomic E-state index is -1.28. The number of amides is 1. The number of rotatable bonds is 7. The summed E-state index contributed by atoms with van der Waals surface area (Å²) in [5, 5.41) is 20.1. The number of hydrogen-bond acceptors (Lipinski definition) is 4. The first-order chi connectivity index (χ1) is 7.97. The highest BCUT2D eigenvalue weighted by atomic mass is 16.5. The van der Waals surface area contributed by atoms with Crippen LogP contribution in [0.3, 0.4) is 0 Å². The van der Waals surface area contributed by atoms with E-state index in [4.69, 9.17) is 21.0 Å². The zero-order valence-corrected chi connectivity index (χ0v) is 9.66. The van der Waals surface area contributed by atoms with E-state index in [1.165, 1.54) is 0 Å². The fraction of sp³-hybridized carbons (Fsp3) is 0.667. The van der Waals surface area contributed by atoms with Crippen LogP contribution in [0.4, 0.5) is 4.79 Å². The van der Waals surface area contributed by atoms with Gasteiger partial charge in [-0.25, -0.2) is 9.59 Å². The largest absolute Gasteiger partial charge is 0.465 e. The molecule has 8 heteroatoms. The normalized spacial score (nSPS) is 11.4. The lowest BCUT2D eigenvalue weighted by Gasteiger charge is -2.15. The molecular formula is C9H18N4O4. The molecule has 0 saturated carbocycles. The number of nitrogens with one attached hydrogen (secondary N) is 3. The average Bonchev–Trinajstić information content (AvgIpc) is 2.22. The van der Waals surface area contributed by atoms with E-state index in [0.717, 1.165) is 0 Å². The van der Waals surface area contributed by atoms with Crippen LogP contribution < -0.4 is 16.4 Å². The molecule has 8 nitrogen and oxygen atoms in total. The first kappa shape index (κ1) is 15.0. The van der Waals surface area contributed by atoms with Gasteiger partial charge >= 0.3 is 12.1 Å². The highest BCUT2D eigenvalue weighted by molar-refractivity contribution is 5.80. The van der Waals surface area contributed by atoms with Crippen LogP contribution in [0.15, 0.2) is 0 Å². The second-order valence-electron chi connectivity index (χ2n) is 3.24. The number of ether oxygens (including phenoxy) is 1. The summed E-state index contributed by atoms with van der Waals surface area (Å²) in [5.74, 6) is -0.762. The van der Waals surface area contributed by atoms with Crippen LogP contribution >= 0.6 is 0 Å². The molecule has 0 saturated heterocycles. The van der Waals surface area contributed by atoms with E-state index in [2.05, 4.69) is 10.6 Å². The molecule has 17 heavy (non-hydrogen) atoms. The summed E-state index contributed by atoms with van der Waals surface area (Å²) in [4.78, 5) is 21.8. The van der Waals surface area contributed by atoms with Crippen LogP contribution in [0, 0.1) is 5.41 Å². The zero-order valence-electron chi connectivity index (χ0n) is 9.66. The second-order valence-corrected chi connectivity index (χ2v) is 3.24. The van der Waals surface area contributed by atoms with Gasteiger partial charge in [-0.3, -0.25) is 5.41 Å². The number of esters is 1. The SMILES string of the molecule is CCOC(=O)[C@H](CCCNC(=N)N)NC(=O)O. The van der Waals surface area contributed by atoms with Crippen LogP contribution in [-0.4, -0.2) is 42.3 Å². The highest BCUT2D eigenvalue weighted by Gasteiger charge is 2.20. The van der Waals surface area contributed by atoms with Gasteiger partial charge in [0.15, 0.2) is 5.96 Å². The third-order valence-corrected chi connectivity index (χ3v) is 1.85. The van der Waals surface area contributed by atoms with Crippen LogP contribution in [0.25, 0.3) is 0 Å². The molecule has 0 aliphatic rings. The van der Waals surface area contributed by atoms with Crippen molar-refractivity contribution in [3.8, 4) is 0 Å². The highest BCUT2D eigenvalue weighted by Crippen LogP contribution is 1.99. The number of carbonyl (C=O) groups excluding carboxylic acids is 1. The Kier molecular flexibility index (Phi) is 7.24. The minimum absolute atomic E-state index is 0.163. The van der Waals surface area contributed by atoms with Crippen molar-refractivity contribution in [2.24, 2.45) is 5.73 Å². The standard InChI is InChI=1S/C9H18N4O4/c1-2-17-7(14)6(13-9(15)16)4-3-5-12-8(10)11/h6,13H,2-5H2,1H3,(H,15,16)(H4,10,11,12)/t6-/m0/s1. The fourth-order valence-electron chi connectivity index (χ4n) is 1.17. The summed E-state index contributed by atoms with van der Waals surface area (Å²) in [6.07, 6.45) is -0.503. The van der Waals surface area contributed by atoms with Gasteiger partial charge in [0, 0.05) is 6.54 Å². The molecule has 0 bridgehead atoms. The smallest absolute Gasteiger partial charge is 0.405 e. The lowest BCUT2D eigenvalue weighted by molar-refractivity contribution is -0.145. The number of carboxylic acid groups (broad SMARTS) is 1. The first-order valence-electron chi connectivity index (χ1n) is 5.21. The molecule has 0 radical (unpaired) electrons. The number of carbonyl (C=O) groups is 2. The Labute approximate surface area is 99.0 Å². The summed E-state index contributed by atoms with van der Waals surface area (Å²) < 4.78 is 4.73. The topological polar surface area (TPSA) is 138 Å². The zero-order chi connectivity index (χ0) is 13.3. The van der Waals surface area contributed by atoms with Crippen molar-refractivity contribution < 1.29 is 19.4 Å². The Balaban J connectivity index is 4.05. The van der Waals surface area contributed by atoms with Gasteiger partial charge in [0.05, 0.1) is 6.61 Å². The van der Waals surface area contributed by atoms with Crippen LogP contribution in [-0.2, 0) is 9.53 Å². The molecule has 0 fully saturated rings. The van der Waals surface area contributed by atoms with Crippen LogP contribution in [0.1, 0.15) is 19.8 Å². The summed E-state index contributed by atoms with van der Waals surface area (Å²) >= 11 is 0. The van der Waals surface area contributed by atoms with E-state index in [-0.39, 0.29) is 19.0 Å². The molecular weight excluding hydrogens is 228 g/mol. The van der Waals surface area contributed by atoms with Crippen molar-refractivity contribution in [2.75, 3.05) is 13.2 Å². The molecule has 1 amide bonds. The third-order valence-electron chi connectivity index (χ3n) is 1.85. The summed E-state index contributed by atoms with van der Waals surface area (Å²) in [6, 6.07) is -0.888. The molecule has 0 aromatic carbocycles. The van der Waals surface area contributed by atoms with E-state index in [1.807, 2.05) is 0 Å². The Bertz CT molecular complexity index is 282. The number of hydrogen-bond donors (Lipinski definition) is 5. The van der Waals surface area contributed by atoms with Gasteiger partial charge in [0.2, 0.25) is 0 Å². The Morgan fingerprint density at radius 2 is 2.18 bits per heavy atom. The molecule has 0 aliphatic heterocycles. The minimum Gasteiger partial charge on any atom is -0.465 e. The lowest BCUT2D eigenvalue weighted by atomic mass is 10.1.